The summed E-state index contributed by atoms with van der Waals surface area (Å²) in [7, 11) is 0. The molecule has 0 unspecified atom stereocenters. The summed E-state index contributed by atoms with van der Waals surface area (Å²) in [6.45, 7) is 0.222. The second-order valence-electron chi connectivity index (χ2n) is 5.26. The number of carbonyl (C=O) groups is 2. The summed E-state index contributed by atoms with van der Waals surface area (Å²) >= 11 is 0. The number of amides is 1. The zero-order valence-electron chi connectivity index (χ0n) is 12.5. The minimum atomic E-state index is -0.549. The highest BCUT2D eigenvalue weighted by molar-refractivity contribution is 5.86. The number of esters is 1. The van der Waals surface area contributed by atoms with E-state index in [1.165, 1.54) is 0 Å². The first-order chi connectivity index (χ1) is 11.2. The van der Waals surface area contributed by atoms with Crippen molar-refractivity contribution in [2.24, 2.45) is 0 Å². The number of cyclic esters (lactones) is 1. The molecule has 1 aliphatic heterocycles. The normalized spacial score (nSPS) is 16.7. The van der Waals surface area contributed by atoms with Crippen molar-refractivity contribution in [2.45, 2.75) is 12.5 Å². The van der Waals surface area contributed by atoms with Crippen LogP contribution in [0.5, 0.6) is 5.75 Å². The van der Waals surface area contributed by atoms with Crippen LogP contribution in [-0.4, -0.2) is 31.1 Å². The van der Waals surface area contributed by atoms with Gasteiger partial charge in [0, 0.05) is 6.42 Å². The molecule has 0 radical (unpaired) electrons. The van der Waals surface area contributed by atoms with Crippen LogP contribution < -0.4 is 10.1 Å². The molecule has 5 nitrogen and oxygen atoms in total. The Balaban J connectivity index is 1.52. The zero-order chi connectivity index (χ0) is 16.1. The van der Waals surface area contributed by atoms with Gasteiger partial charge in [0.05, 0.1) is 6.61 Å². The van der Waals surface area contributed by atoms with Crippen LogP contribution in [0.4, 0.5) is 0 Å². The van der Waals surface area contributed by atoms with Gasteiger partial charge < -0.3 is 14.8 Å². The summed E-state index contributed by atoms with van der Waals surface area (Å²) in [5, 5.41) is 2.60. The average molecular weight is 311 g/mol. The van der Waals surface area contributed by atoms with E-state index in [0.717, 1.165) is 11.1 Å². The van der Waals surface area contributed by atoms with Gasteiger partial charge in [0.25, 0.3) is 5.91 Å². The Bertz CT molecular complexity index is 682. The molecule has 23 heavy (non-hydrogen) atoms. The Morgan fingerprint density at radius 1 is 1.09 bits per heavy atom. The van der Waals surface area contributed by atoms with Gasteiger partial charge in [0.1, 0.15) is 11.8 Å². The van der Waals surface area contributed by atoms with E-state index in [0.29, 0.717) is 18.8 Å². The molecule has 1 heterocycles. The van der Waals surface area contributed by atoms with Gasteiger partial charge in [-0.05, 0) is 23.3 Å². The predicted octanol–water partition coefficient (Wildman–Crippen LogP) is 2.16. The van der Waals surface area contributed by atoms with Crippen molar-refractivity contribution in [1.82, 2.24) is 5.32 Å². The van der Waals surface area contributed by atoms with E-state index in [1.54, 1.807) is 0 Å². The van der Waals surface area contributed by atoms with Crippen molar-refractivity contribution in [1.29, 1.82) is 0 Å². The van der Waals surface area contributed by atoms with Gasteiger partial charge in [0.15, 0.2) is 6.61 Å². The molecule has 0 spiro atoms. The van der Waals surface area contributed by atoms with Gasteiger partial charge in [-0.1, -0.05) is 42.5 Å². The Morgan fingerprint density at radius 2 is 1.78 bits per heavy atom. The van der Waals surface area contributed by atoms with E-state index >= 15 is 0 Å². The summed E-state index contributed by atoms with van der Waals surface area (Å²) in [5.41, 5.74) is 2.20. The number of hydrogen-bond acceptors (Lipinski definition) is 4. The fourth-order valence-corrected chi connectivity index (χ4v) is 2.39. The minimum absolute atomic E-state index is 0.130. The molecule has 3 rings (SSSR count). The lowest BCUT2D eigenvalue weighted by Crippen LogP contribution is -2.40. The molecule has 0 saturated carbocycles. The monoisotopic (exact) mass is 311 g/mol. The largest absolute Gasteiger partial charge is 0.484 e. The smallest absolute Gasteiger partial charge is 0.328 e. The zero-order valence-corrected chi connectivity index (χ0v) is 12.5. The first-order valence-corrected chi connectivity index (χ1v) is 7.47. The highest BCUT2D eigenvalue weighted by atomic mass is 16.5. The highest BCUT2D eigenvalue weighted by Gasteiger charge is 2.27. The second-order valence-corrected chi connectivity index (χ2v) is 5.26. The van der Waals surface area contributed by atoms with E-state index in [1.807, 2.05) is 54.6 Å². The van der Waals surface area contributed by atoms with Crippen molar-refractivity contribution >= 4 is 11.9 Å². The molecule has 1 N–H and O–H groups in total. The van der Waals surface area contributed by atoms with Crippen molar-refractivity contribution < 1.29 is 19.1 Å². The molecule has 1 fully saturated rings. The maximum atomic E-state index is 11.8. The number of carbonyl (C=O) groups excluding carboxylic acids is 2. The topological polar surface area (TPSA) is 64.6 Å². The molecule has 5 heteroatoms. The van der Waals surface area contributed by atoms with Crippen LogP contribution in [0.25, 0.3) is 11.1 Å². The fourth-order valence-electron chi connectivity index (χ4n) is 2.39. The Morgan fingerprint density at radius 3 is 2.43 bits per heavy atom. The lowest BCUT2D eigenvalue weighted by molar-refractivity contribution is -0.141. The summed E-state index contributed by atoms with van der Waals surface area (Å²) in [5.74, 6) is -0.111. The van der Waals surface area contributed by atoms with Gasteiger partial charge in [-0.2, -0.15) is 0 Å². The van der Waals surface area contributed by atoms with Crippen molar-refractivity contribution in [3.8, 4) is 16.9 Å². The molecule has 0 aliphatic carbocycles. The molecular weight excluding hydrogens is 294 g/mol. The van der Waals surface area contributed by atoms with Crippen LogP contribution in [0.3, 0.4) is 0 Å². The minimum Gasteiger partial charge on any atom is -0.484 e. The van der Waals surface area contributed by atoms with E-state index in [-0.39, 0.29) is 18.5 Å². The maximum Gasteiger partial charge on any atom is 0.328 e. The third-order valence-corrected chi connectivity index (χ3v) is 3.60. The van der Waals surface area contributed by atoms with E-state index in [9.17, 15) is 9.59 Å². The average Bonchev–Trinajstić information content (AvgIpc) is 2.99. The summed E-state index contributed by atoms with van der Waals surface area (Å²) in [6, 6.07) is 17.0. The molecular formula is C18H17NO4. The molecule has 2 aromatic rings. The number of hydrogen-bond donors (Lipinski definition) is 1. The number of nitrogens with one attached hydrogen (secondary N) is 1. The summed E-state index contributed by atoms with van der Waals surface area (Å²) in [4.78, 5) is 23.0. The first-order valence-electron chi connectivity index (χ1n) is 7.47. The molecule has 1 atom stereocenters. The quantitative estimate of drug-likeness (QED) is 0.860. The van der Waals surface area contributed by atoms with Gasteiger partial charge in [0.2, 0.25) is 0 Å². The van der Waals surface area contributed by atoms with E-state index in [4.69, 9.17) is 9.47 Å². The fraction of sp³-hybridized carbons (Fsp3) is 0.222. The standard InChI is InChI=1S/C18H17NO4/c20-17(19-16-10-11-22-18(16)21)12-23-15-8-6-14(7-9-15)13-4-2-1-3-5-13/h1-9,16H,10-12H2,(H,19,20)/t16-/m0/s1. The lowest BCUT2D eigenvalue weighted by atomic mass is 10.1. The van der Waals surface area contributed by atoms with Crippen molar-refractivity contribution in [3.05, 3.63) is 54.6 Å². The number of benzene rings is 2. The first kappa shape index (κ1) is 15.1. The summed E-state index contributed by atoms with van der Waals surface area (Å²) < 4.78 is 10.2. The third-order valence-electron chi connectivity index (χ3n) is 3.60. The van der Waals surface area contributed by atoms with Crippen LogP contribution in [0.15, 0.2) is 54.6 Å². The molecule has 118 valence electrons. The van der Waals surface area contributed by atoms with Crippen LogP contribution in [0, 0.1) is 0 Å². The van der Waals surface area contributed by atoms with Crippen LogP contribution in [-0.2, 0) is 14.3 Å². The van der Waals surface area contributed by atoms with Gasteiger partial charge >= 0.3 is 5.97 Å². The van der Waals surface area contributed by atoms with Gasteiger partial charge in [-0.25, -0.2) is 4.79 Å². The Hall–Kier alpha value is -2.82. The van der Waals surface area contributed by atoms with Crippen LogP contribution in [0.2, 0.25) is 0 Å². The van der Waals surface area contributed by atoms with Gasteiger partial charge in [-0.3, -0.25) is 4.79 Å². The van der Waals surface area contributed by atoms with E-state index < -0.39 is 6.04 Å². The molecule has 1 amide bonds. The second kappa shape index (κ2) is 6.96. The Kier molecular flexibility index (Phi) is 4.57. The number of ether oxygens (including phenoxy) is 2. The molecule has 0 aromatic heterocycles. The van der Waals surface area contributed by atoms with Crippen molar-refractivity contribution in [3.63, 3.8) is 0 Å². The summed E-state index contributed by atoms with van der Waals surface area (Å²) in [6.07, 6.45) is 0.510. The van der Waals surface area contributed by atoms with Crippen LogP contribution in [0.1, 0.15) is 6.42 Å². The van der Waals surface area contributed by atoms with Crippen molar-refractivity contribution in [2.75, 3.05) is 13.2 Å². The number of rotatable bonds is 5. The predicted molar refractivity (Wildman–Crippen MR) is 84.9 cm³/mol. The molecule has 1 saturated heterocycles. The molecule has 0 bridgehead atoms. The lowest BCUT2D eigenvalue weighted by Gasteiger charge is -2.10. The highest BCUT2D eigenvalue weighted by Crippen LogP contribution is 2.21. The van der Waals surface area contributed by atoms with E-state index in [2.05, 4.69) is 5.32 Å². The maximum absolute atomic E-state index is 11.8. The van der Waals surface area contributed by atoms with Gasteiger partial charge in [-0.15, -0.1) is 0 Å². The van der Waals surface area contributed by atoms with Crippen LogP contribution >= 0.6 is 0 Å². The molecule has 2 aromatic carbocycles. The molecule has 1 aliphatic rings. The third kappa shape index (κ3) is 3.88. The Labute approximate surface area is 134 Å². The SMILES string of the molecule is O=C(COc1ccc(-c2ccccc2)cc1)N[C@H]1CCOC1=O.